The average molecular weight is 304 g/mol. The van der Waals surface area contributed by atoms with E-state index >= 15 is 0 Å². The molecule has 0 aromatic heterocycles. The first-order chi connectivity index (χ1) is 10.5. The Hall–Kier alpha value is -2.43. The van der Waals surface area contributed by atoms with Gasteiger partial charge in [-0.25, -0.2) is 8.78 Å². The molecule has 22 heavy (non-hydrogen) atoms. The third-order valence-electron chi connectivity index (χ3n) is 3.39. The fourth-order valence-electron chi connectivity index (χ4n) is 2.25. The lowest BCUT2D eigenvalue weighted by molar-refractivity contribution is -0.114. The molecule has 0 saturated heterocycles. The minimum absolute atomic E-state index is 0.0639. The molecule has 3 nitrogen and oxygen atoms in total. The fraction of sp³-hybridized carbons (Fsp3) is 0.235. The molecule has 0 aliphatic carbocycles. The Kier molecular flexibility index (Phi) is 5.09. The van der Waals surface area contributed by atoms with Crippen molar-refractivity contribution in [2.45, 2.75) is 20.3 Å². The van der Waals surface area contributed by atoms with E-state index in [2.05, 4.69) is 10.6 Å². The number of hydrogen-bond acceptors (Lipinski definition) is 2. The lowest BCUT2D eigenvalue weighted by Gasteiger charge is -2.14. The molecule has 0 aliphatic rings. The molecular formula is C17H18F2N2O. The van der Waals surface area contributed by atoms with E-state index in [0.29, 0.717) is 0 Å². The molecule has 0 saturated carbocycles. The number of benzene rings is 2. The van der Waals surface area contributed by atoms with E-state index < -0.39 is 23.2 Å². The lowest BCUT2D eigenvalue weighted by atomic mass is 10.1. The van der Waals surface area contributed by atoms with Gasteiger partial charge in [0.2, 0.25) is 5.91 Å². The van der Waals surface area contributed by atoms with Crippen LogP contribution in [0.3, 0.4) is 0 Å². The van der Waals surface area contributed by atoms with Gasteiger partial charge in [-0.3, -0.25) is 4.79 Å². The highest BCUT2D eigenvalue weighted by Gasteiger charge is 2.12. The number of carbonyl (C=O) groups is 1. The highest BCUT2D eigenvalue weighted by molar-refractivity contribution is 5.94. The molecule has 2 N–H and O–H groups in total. The minimum atomic E-state index is -0.793. The van der Waals surface area contributed by atoms with Crippen LogP contribution < -0.4 is 10.6 Å². The Morgan fingerprint density at radius 1 is 1.05 bits per heavy atom. The van der Waals surface area contributed by atoms with Gasteiger partial charge in [-0.05, 0) is 36.6 Å². The second-order valence-electron chi connectivity index (χ2n) is 4.96. The number of rotatable bonds is 5. The van der Waals surface area contributed by atoms with Gasteiger partial charge in [0, 0.05) is 5.69 Å². The molecule has 0 spiro atoms. The van der Waals surface area contributed by atoms with Crippen molar-refractivity contribution < 1.29 is 13.6 Å². The second-order valence-corrected chi connectivity index (χ2v) is 4.96. The first-order valence-electron chi connectivity index (χ1n) is 7.09. The third-order valence-corrected chi connectivity index (χ3v) is 3.39. The Bertz CT molecular complexity index is 666. The summed E-state index contributed by atoms with van der Waals surface area (Å²) in [6, 6.07) is 9.32. The number of amides is 1. The molecule has 0 bridgehead atoms. The van der Waals surface area contributed by atoms with E-state index in [1.807, 2.05) is 32.0 Å². The predicted molar refractivity (Wildman–Crippen MR) is 84.0 cm³/mol. The molecule has 2 aromatic rings. The molecule has 5 heteroatoms. The fourth-order valence-corrected chi connectivity index (χ4v) is 2.25. The van der Waals surface area contributed by atoms with Gasteiger partial charge < -0.3 is 10.6 Å². The van der Waals surface area contributed by atoms with Crippen LogP contribution in [0.15, 0.2) is 36.4 Å². The van der Waals surface area contributed by atoms with Gasteiger partial charge in [0.05, 0.1) is 6.54 Å². The summed E-state index contributed by atoms with van der Waals surface area (Å²) in [5.74, 6) is -2.09. The standard InChI is InChI=1S/C17H18F2N2O/c1-3-12-7-4-6-11(2)16(12)20-10-15(22)21-17-13(18)8-5-9-14(17)19/h4-9,20H,3,10H2,1-2H3,(H,21,22). The van der Waals surface area contributed by atoms with Gasteiger partial charge in [-0.15, -0.1) is 0 Å². The van der Waals surface area contributed by atoms with Gasteiger partial charge >= 0.3 is 0 Å². The highest BCUT2D eigenvalue weighted by Crippen LogP contribution is 2.21. The van der Waals surface area contributed by atoms with E-state index in [1.54, 1.807) is 0 Å². The van der Waals surface area contributed by atoms with Gasteiger partial charge in [-0.2, -0.15) is 0 Å². The number of halogens is 2. The molecular weight excluding hydrogens is 286 g/mol. The van der Waals surface area contributed by atoms with Gasteiger partial charge in [0.1, 0.15) is 17.3 Å². The molecule has 116 valence electrons. The minimum Gasteiger partial charge on any atom is -0.376 e. The third kappa shape index (κ3) is 3.61. The monoisotopic (exact) mass is 304 g/mol. The van der Waals surface area contributed by atoms with Crippen molar-refractivity contribution in [1.29, 1.82) is 0 Å². The molecule has 0 aliphatic heterocycles. The SMILES string of the molecule is CCc1cccc(C)c1NCC(=O)Nc1c(F)cccc1F. The Morgan fingerprint density at radius 3 is 2.32 bits per heavy atom. The molecule has 0 radical (unpaired) electrons. The predicted octanol–water partition coefficient (Wildman–Crippen LogP) is 3.89. The van der Waals surface area contributed by atoms with Crippen LogP contribution in [0, 0.1) is 18.6 Å². The molecule has 0 heterocycles. The van der Waals surface area contributed by atoms with Crippen molar-refractivity contribution in [3.8, 4) is 0 Å². The summed E-state index contributed by atoms with van der Waals surface area (Å²) >= 11 is 0. The average Bonchev–Trinajstić information content (AvgIpc) is 2.49. The summed E-state index contributed by atoms with van der Waals surface area (Å²) in [4.78, 5) is 11.9. The van der Waals surface area contributed by atoms with Crippen molar-refractivity contribution >= 4 is 17.3 Å². The first-order valence-corrected chi connectivity index (χ1v) is 7.09. The topological polar surface area (TPSA) is 41.1 Å². The Balaban J connectivity index is 2.05. The van der Waals surface area contributed by atoms with Gasteiger partial charge in [0.15, 0.2) is 0 Å². The maximum Gasteiger partial charge on any atom is 0.243 e. The van der Waals surface area contributed by atoms with Crippen LogP contribution in [0.2, 0.25) is 0 Å². The maximum absolute atomic E-state index is 13.5. The van der Waals surface area contributed by atoms with Crippen LogP contribution in [0.1, 0.15) is 18.1 Å². The second kappa shape index (κ2) is 7.02. The zero-order valence-electron chi connectivity index (χ0n) is 12.5. The van der Waals surface area contributed by atoms with E-state index in [1.165, 1.54) is 6.07 Å². The summed E-state index contributed by atoms with van der Waals surface area (Å²) in [5.41, 5.74) is 2.57. The van der Waals surface area contributed by atoms with Crippen molar-refractivity contribution in [1.82, 2.24) is 0 Å². The van der Waals surface area contributed by atoms with Crippen LogP contribution in [0.4, 0.5) is 20.2 Å². The van der Waals surface area contributed by atoms with Crippen molar-refractivity contribution in [2.75, 3.05) is 17.2 Å². The Morgan fingerprint density at radius 2 is 1.68 bits per heavy atom. The highest BCUT2D eigenvalue weighted by atomic mass is 19.1. The van der Waals surface area contributed by atoms with Crippen molar-refractivity contribution in [2.24, 2.45) is 0 Å². The van der Waals surface area contributed by atoms with Crippen LogP contribution in [0.25, 0.3) is 0 Å². The van der Waals surface area contributed by atoms with E-state index in [-0.39, 0.29) is 6.54 Å². The summed E-state index contributed by atoms with van der Waals surface area (Å²) in [6.45, 7) is 3.90. The van der Waals surface area contributed by atoms with Crippen molar-refractivity contribution in [3.05, 3.63) is 59.2 Å². The van der Waals surface area contributed by atoms with Gasteiger partial charge in [-0.1, -0.05) is 31.2 Å². The number of nitrogens with one attached hydrogen (secondary N) is 2. The normalized spacial score (nSPS) is 10.4. The van der Waals surface area contributed by atoms with E-state index in [4.69, 9.17) is 0 Å². The zero-order valence-corrected chi connectivity index (χ0v) is 12.5. The number of para-hydroxylation sites is 2. The number of anilines is 2. The van der Waals surface area contributed by atoms with Crippen LogP contribution >= 0.6 is 0 Å². The molecule has 2 rings (SSSR count). The number of aryl methyl sites for hydroxylation is 2. The molecule has 0 atom stereocenters. The summed E-state index contributed by atoms with van der Waals surface area (Å²) in [7, 11) is 0. The number of hydrogen-bond donors (Lipinski definition) is 2. The van der Waals surface area contributed by atoms with Crippen LogP contribution in [-0.2, 0) is 11.2 Å². The Labute approximate surface area is 128 Å². The molecule has 0 unspecified atom stereocenters. The van der Waals surface area contributed by atoms with E-state index in [9.17, 15) is 13.6 Å². The molecule has 2 aromatic carbocycles. The quantitative estimate of drug-likeness (QED) is 0.880. The zero-order chi connectivity index (χ0) is 16.1. The van der Waals surface area contributed by atoms with Crippen LogP contribution in [-0.4, -0.2) is 12.5 Å². The lowest BCUT2D eigenvalue weighted by Crippen LogP contribution is -2.23. The molecule has 0 fully saturated rings. The van der Waals surface area contributed by atoms with Gasteiger partial charge in [0.25, 0.3) is 0 Å². The van der Waals surface area contributed by atoms with E-state index in [0.717, 1.165) is 35.4 Å². The smallest absolute Gasteiger partial charge is 0.243 e. The first kappa shape index (κ1) is 15.9. The number of carbonyl (C=O) groups excluding carboxylic acids is 1. The largest absolute Gasteiger partial charge is 0.376 e. The van der Waals surface area contributed by atoms with Crippen LogP contribution in [0.5, 0.6) is 0 Å². The summed E-state index contributed by atoms with van der Waals surface area (Å²) in [6.07, 6.45) is 0.827. The summed E-state index contributed by atoms with van der Waals surface area (Å²) < 4.78 is 27.0. The van der Waals surface area contributed by atoms with Crippen molar-refractivity contribution in [3.63, 3.8) is 0 Å². The molecule has 1 amide bonds. The summed E-state index contributed by atoms with van der Waals surface area (Å²) in [5, 5.41) is 5.29. The maximum atomic E-state index is 13.5.